The van der Waals surface area contributed by atoms with Gasteiger partial charge in [0.1, 0.15) is 0 Å². The number of rotatable bonds is 2. The molecule has 0 bridgehead atoms. The highest BCUT2D eigenvalue weighted by atomic mass is 35.5. The van der Waals surface area contributed by atoms with E-state index in [-0.39, 0.29) is 0 Å². The van der Waals surface area contributed by atoms with Crippen molar-refractivity contribution in [1.82, 2.24) is 0 Å². The average molecular weight is 273 g/mol. The van der Waals surface area contributed by atoms with E-state index in [9.17, 15) is 4.79 Å². The summed E-state index contributed by atoms with van der Waals surface area (Å²) >= 11 is 5.18. The first kappa shape index (κ1) is 14.9. The Kier molecular flexibility index (Phi) is 6.31. The average Bonchev–Trinajstić information content (AvgIpc) is 2.48. The SMILES string of the molecule is N#Cc1cccc(C(=O)Cl)c1.NCc1ccccc1. The van der Waals surface area contributed by atoms with Gasteiger partial charge in [-0.25, -0.2) is 0 Å². The third kappa shape index (κ3) is 5.35. The highest BCUT2D eigenvalue weighted by molar-refractivity contribution is 6.67. The van der Waals surface area contributed by atoms with E-state index in [1.54, 1.807) is 18.2 Å². The largest absolute Gasteiger partial charge is 0.326 e. The zero-order valence-electron chi connectivity index (χ0n) is 10.2. The molecule has 0 spiro atoms. The van der Waals surface area contributed by atoms with Crippen molar-refractivity contribution < 1.29 is 4.79 Å². The summed E-state index contributed by atoms with van der Waals surface area (Å²) in [5, 5.41) is 7.90. The van der Waals surface area contributed by atoms with Crippen LogP contribution in [0.2, 0.25) is 0 Å². The zero-order chi connectivity index (χ0) is 14.1. The Morgan fingerprint density at radius 1 is 1.16 bits per heavy atom. The Labute approximate surface area is 117 Å². The first-order valence-corrected chi connectivity index (χ1v) is 5.99. The van der Waals surface area contributed by atoms with Crippen LogP contribution >= 0.6 is 11.6 Å². The van der Waals surface area contributed by atoms with Crippen LogP contribution in [0.15, 0.2) is 54.6 Å². The van der Waals surface area contributed by atoms with E-state index in [2.05, 4.69) is 0 Å². The number of carbonyl (C=O) groups is 1. The smallest absolute Gasteiger partial charge is 0.252 e. The molecule has 0 unspecified atom stereocenters. The van der Waals surface area contributed by atoms with Crippen LogP contribution in [-0.2, 0) is 6.54 Å². The molecule has 0 aliphatic heterocycles. The minimum atomic E-state index is -0.540. The van der Waals surface area contributed by atoms with E-state index < -0.39 is 5.24 Å². The number of carbonyl (C=O) groups excluding carboxylic acids is 1. The van der Waals surface area contributed by atoms with Gasteiger partial charge >= 0.3 is 0 Å². The fourth-order valence-corrected chi connectivity index (χ4v) is 1.44. The molecule has 2 aromatic carbocycles. The molecule has 0 radical (unpaired) electrons. The Hall–Kier alpha value is -2.15. The Morgan fingerprint density at radius 3 is 2.32 bits per heavy atom. The van der Waals surface area contributed by atoms with Crippen molar-refractivity contribution in [3.8, 4) is 6.07 Å². The van der Waals surface area contributed by atoms with E-state index in [1.807, 2.05) is 36.4 Å². The molecular formula is C15H13ClN2O. The first-order valence-electron chi connectivity index (χ1n) is 5.61. The highest BCUT2D eigenvalue weighted by Gasteiger charge is 2.00. The van der Waals surface area contributed by atoms with Gasteiger partial charge < -0.3 is 5.73 Å². The third-order valence-corrected chi connectivity index (χ3v) is 2.52. The van der Waals surface area contributed by atoms with E-state index in [1.165, 1.54) is 11.6 Å². The summed E-state index contributed by atoms with van der Waals surface area (Å²) in [6.45, 7) is 0.640. The summed E-state index contributed by atoms with van der Waals surface area (Å²) in [5.74, 6) is 0. The van der Waals surface area contributed by atoms with Crippen LogP contribution in [-0.4, -0.2) is 5.24 Å². The lowest BCUT2D eigenvalue weighted by Crippen LogP contribution is -1.94. The molecule has 0 saturated heterocycles. The number of nitrogens with two attached hydrogens (primary N) is 1. The Morgan fingerprint density at radius 2 is 1.84 bits per heavy atom. The van der Waals surface area contributed by atoms with Crippen molar-refractivity contribution in [2.24, 2.45) is 5.73 Å². The lowest BCUT2D eigenvalue weighted by molar-refractivity contribution is 0.108. The fourth-order valence-electron chi connectivity index (χ4n) is 1.33. The fraction of sp³-hybridized carbons (Fsp3) is 0.0667. The minimum Gasteiger partial charge on any atom is -0.326 e. The minimum absolute atomic E-state index is 0.353. The Balaban J connectivity index is 0.000000200. The quantitative estimate of drug-likeness (QED) is 0.854. The van der Waals surface area contributed by atoms with Gasteiger partial charge in [-0.05, 0) is 29.3 Å². The predicted octanol–water partition coefficient (Wildman–Crippen LogP) is 3.08. The number of hydrogen-bond acceptors (Lipinski definition) is 3. The molecule has 2 N–H and O–H groups in total. The van der Waals surface area contributed by atoms with Crippen molar-refractivity contribution in [1.29, 1.82) is 5.26 Å². The van der Waals surface area contributed by atoms with Crippen molar-refractivity contribution in [2.45, 2.75) is 6.54 Å². The summed E-state index contributed by atoms with van der Waals surface area (Å²) < 4.78 is 0. The van der Waals surface area contributed by atoms with Gasteiger partial charge in [0.05, 0.1) is 11.6 Å². The van der Waals surface area contributed by atoms with Crippen LogP contribution in [0, 0.1) is 11.3 Å². The molecule has 0 saturated carbocycles. The van der Waals surface area contributed by atoms with Gasteiger partial charge in [-0.15, -0.1) is 0 Å². The maximum Gasteiger partial charge on any atom is 0.252 e. The van der Waals surface area contributed by atoms with E-state index in [4.69, 9.17) is 22.6 Å². The molecule has 96 valence electrons. The Bertz CT molecular complexity index is 576. The van der Waals surface area contributed by atoms with Gasteiger partial charge in [-0.3, -0.25) is 4.79 Å². The molecule has 0 heterocycles. The van der Waals surface area contributed by atoms with Gasteiger partial charge in [-0.2, -0.15) is 5.26 Å². The summed E-state index contributed by atoms with van der Waals surface area (Å²) in [6, 6.07) is 18.2. The lowest BCUT2D eigenvalue weighted by atomic mass is 10.1. The maximum absolute atomic E-state index is 10.6. The first-order chi connectivity index (χ1) is 9.17. The molecule has 4 heteroatoms. The normalized spacial score (nSPS) is 8.89. The molecule has 0 amide bonds. The van der Waals surface area contributed by atoms with Crippen LogP contribution in [0.1, 0.15) is 21.5 Å². The number of benzene rings is 2. The van der Waals surface area contributed by atoms with Crippen molar-refractivity contribution in [3.05, 3.63) is 71.3 Å². The van der Waals surface area contributed by atoms with Crippen LogP contribution in [0.25, 0.3) is 0 Å². The molecule has 0 aromatic heterocycles. The molecule has 0 fully saturated rings. The van der Waals surface area contributed by atoms with Crippen LogP contribution < -0.4 is 5.73 Å². The van der Waals surface area contributed by atoms with Crippen LogP contribution in [0.5, 0.6) is 0 Å². The van der Waals surface area contributed by atoms with E-state index >= 15 is 0 Å². The lowest BCUT2D eigenvalue weighted by Gasteiger charge is -1.91. The van der Waals surface area contributed by atoms with Crippen LogP contribution in [0.3, 0.4) is 0 Å². The zero-order valence-corrected chi connectivity index (χ0v) is 11.0. The summed E-state index contributed by atoms with van der Waals surface area (Å²) in [4.78, 5) is 10.6. The number of halogens is 1. The monoisotopic (exact) mass is 272 g/mol. The second-order valence-electron chi connectivity index (χ2n) is 3.66. The maximum atomic E-state index is 10.6. The molecule has 2 rings (SSSR count). The summed E-state index contributed by atoms with van der Waals surface area (Å²) in [7, 11) is 0. The second-order valence-corrected chi connectivity index (χ2v) is 4.00. The standard InChI is InChI=1S/C8H4ClNO.C7H9N/c9-8(11)7-3-1-2-6(4-7)5-10;8-6-7-4-2-1-3-5-7/h1-4H;1-5H,6,8H2. The highest BCUT2D eigenvalue weighted by Crippen LogP contribution is 2.06. The van der Waals surface area contributed by atoms with Gasteiger partial charge in [0.2, 0.25) is 0 Å². The topological polar surface area (TPSA) is 66.9 Å². The summed E-state index contributed by atoms with van der Waals surface area (Å²) in [5.41, 5.74) is 7.33. The number of nitrogens with zero attached hydrogens (tertiary/aromatic N) is 1. The molecule has 19 heavy (non-hydrogen) atoms. The molecule has 0 atom stereocenters. The van der Waals surface area contributed by atoms with Gasteiger partial charge in [0.25, 0.3) is 5.24 Å². The van der Waals surface area contributed by atoms with E-state index in [0.717, 1.165) is 0 Å². The molecule has 0 aliphatic rings. The van der Waals surface area contributed by atoms with E-state index in [0.29, 0.717) is 17.7 Å². The predicted molar refractivity (Wildman–Crippen MR) is 75.7 cm³/mol. The molecule has 2 aromatic rings. The van der Waals surface area contributed by atoms with Gasteiger partial charge in [0.15, 0.2) is 0 Å². The number of nitriles is 1. The molecular weight excluding hydrogens is 260 g/mol. The molecule has 3 nitrogen and oxygen atoms in total. The summed E-state index contributed by atoms with van der Waals surface area (Å²) in [6.07, 6.45) is 0. The van der Waals surface area contributed by atoms with Gasteiger partial charge in [0, 0.05) is 12.1 Å². The number of hydrogen-bond donors (Lipinski definition) is 1. The third-order valence-electron chi connectivity index (χ3n) is 2.30. The van der Waals surface area contributed by atoms with Gasteiger partial charge in [-0.1, -0.05) is 42.5 Å². The second kappa shape index (κ2) is 8.04. The molecule has 0 aliphatic carbocycles. The van der Waals surface area contributed by atoms with Crippen molar-refractivity contribution in [3.63, 3.8) is 0 Å². The van der Waals surface area contributed by atoms with Crippen LogP contribution in [0.4, 0.5) is 0 Å². The van der Waals surface area contributed by atoms with Crippen molar-refractivity contribution in [2.75, 3.05) is 0 Å². The van der Waals surface area contributed by atoms with Crippen molar-refractivity contribution >= 4 is 16.8 Å².